The van der Waals surface area contributed by atoms with Gasteiger partial charge in [-0.1, -0.05) is 331 Å². The molecule has 0 aromatic rings. The molecule has 0 spiro atoms. The predicted octanol–water partition coefficient (Wildman–Crippen LogP) is 24.2. The molecule has 1 unspecified atom stereocenters. The lowest BCUT2D eigenvalue weighted by molar-refractivity contribution is -0.167. The Morgan fingerprint density at radius 3 is 0.802 bits per heavy atom. The number of carbonyl (C=O) groups is 3. The molecule has 0 aliphatic carbocycles. The first-order valence-electron chi connectivity index (χ1n) is 35.1. The van der Waals surface area contributed by atoms with Gasteiger partial charge >= 0.3 is 17.9 Å². The highest BCUT2D eigenvalue weighted by Crippen LogP contribution is 2.18. The van der Waals surface area contributed by atoms with Gasteiger partial charge in [-0.25, -0.2) is 0 Å². The first-order chi connectivity index (χ1) is 40.0. The van der Waals surface area contributed by atoms with E-state index in [0.717, 1.165) is 116 Å². The van der Waals surface area contributed by atoms with Crippen LogP contribution in [0.2, 0.25) is 0 Å². The monoisotopic (exact) mass is 1130 g/mol. The Hall–Kier alpha value is -3.41. The number of rotatable bonds is 64. The van der Waals surface area contributed by atoms with E-state index >= 15 is 0 Å². The maximum atomic E-state index is 13.0. The minimum atomic E-state index is -0.783. The second-order valence-electron chi connectivity index (χ2n) is 23.4. The van der Waals surface area contributed by atoms with Crippen molar-refractivity contribution >= 4 is 17.9 Å². The van der Waals surface area contributed by atoms with E-state index in [1.54, 1.807) is 0 Å². The smallest absolute Gasteiger partial charge is 0.306 e. The molecule has 0 rings (SSSR count). The molecule has 81 heavy (non-hydrogen) atoms. The van der Waals surface area contributed by atoms with Crippen molar-refractivity contribution in [3.8, 4) is 0 Å². The van der Waals surface area contributed by atoms with E-state index in [1.807, 2.05) is 0 Å². The van der Waals surface area contributed by atoms with Crippen LogP contribution < -0.4 is 0 Å². The number of hydrogen-bond acceptors (Lipinski definition) is 6. The van der Waals surface area contributed by atoms with Crippen LogP contribution in [0.25, 0.3) is 0 Å². The van der Waals surface area contributed by atoms with E-state index < -0.39 is 6.10 Å². The van der Waals surface area contributed by atoms with Gasteiger partial charge in [0.1, 0.15) is 13.2 Å². The molecule has 0 fully saturated rings. The van der Waals surface area contributed by atoms with Crippen LogP contribution in [0.5, 0.6) is 0 Å². The highest BCUT2D eigenvalue weighted by Gasteiger charge is 2.19. The van der Waals surface area contributed by atoms with Crippen LogP contribution in [-0.2, 0) is 28.6 Å². The van der Waals surface area contributed by atoms with Crippen LogP contribution in [0, 0.1) is 0 Å². The molecule has 468 valence electrons. The third-order valence-corrected chi connectivity index (χ3v) is 15.4. The minimum absolute atomic E-state index is 0.0793. The highest BCUT2D eigenvalue weighted by atomic mass is 16.6. The van der Waals surface area contributed by atoms with Crippen LogP contribution in [0.3, 0.4) is 0 Å². The molecule has 6 nitrogen and oxygen atoms in total. The summed E-state index contributed by atoms with van der Waals surface area (Å²) in [6.45, 7) is 6.50. The summed E-state index contributed by atoms with van der Waals surface area (Å²) < 4.78 is 17.0. The van der Waals surface area contributed by atoms with Gasteiger partial charge in [0.2, 0.25) is 0 Å². The van der Waals surface area contributed by atoms with Gasteiger partial charge < -0.3 is 14.2 Å². The Morgan fingerprint density at radius 1 is 0.259 bits per heavy atom. The molecule has 0 aromatic heterocycles. The topological polar surface area (TPSA) is 78.9 Å². The summed E-state index contributed by atoms with van der Waals surface area (Å²) in [5.41, 5.74) is 0. The first-order valence-corrected chi connectivity index (χ1v) is 35.1. The van der Waals surface area contributed by atoms with E-state index in [1.165, 1.54) is 199 Å². The molecule has 0 saturated carbocycles. The summed E-state index contributed by atoms with van der Waals surface area (Å²) in [5, 5.41) is 0. The summed E-state index contributed by atoms with van der Waals surface area (Å²) in [6, 6.07) is 0. The van der Waals surface area contributed by atoms with Crippen molar-refractivity contribution in [3.63, 3.8) is 0 Å². The molecule has 0 saturated heterocycles. The Labute approximate surface area is 503 Å². The van der Waals surface area contributed by atoms with Crippen molar-refractivity contribution in [1.29, 1.82) is 0 Å². The molecular formula is C75H132O6. The van der Waals surface area contributed by atoms with E-state index in [9.17, 15) is 14.4 Å². The molecule has 0 N–H and O–H groups in total. The van der Waals surface area contributed by atoms with Crippen LogP contribution in [0.15, 0.2) is 85.1 Å². The number of allylic oxidation sites excluding steroid dienone is 14. The molecule has 0 aliphatic rings. The molecule has 0 aliphatic heterocycles. The maximum Gasteiger partial charge on any atom is 0.306 e. The molecule has 0 amide bonds. The zero-order chi connectivity index (χ0) is 58.5. The summed E-state index contributed by atoms with van der Waals surface area (Å²) in [4.78, 5) is 38.4. The predicted molar refractivity (Wildman–Crippen MR) is 353 cm³/mol. The summed E-state index contributed by atoms with van der Waals surface area (Å²) in [5.74, 6) is -0.877. The molecule has 0 bridgehead atoms. The molecule has 0 aromatic carbocycles. The van der Waals surface area contributed by atoms with Crippen LogP contribution >= 0.6 is 0 Å². The summed E-state index contributed by atoms with van der Waals surface area (Å²) in [6.07, 6.45) is 91.8. The SMILES string of the molecule is CC/C=C\C/C=C\C/C=C\C/C=C\C/C=C\CCCCCCCCCCCCCC(=O)OCC(COC(=O)CCCCCCC/C=C\C/C=C\CCC)OC(=O)CCCCCCCCCCCCCCCCCCCCCCCCC. The van der Waals surface area contributed by atoms with Crippen LogP contribution in [0.4, 0.5) is 0 Å². The molecule has 1 atom stereocenters. The van der Waals surface area contributed by atoms with E-state index in [-0.39, 0.29) is 31.1 Å². The molecule has 0 heterocycles. The molecular weight excluding hydrogens is 997 g/mol. The summed E-state index contributed by atoms with van der Waals surface area (Å²) >= 11 is 0. The average Bonchev–Trinajstić information content (AvgIpc) is 3.46. The Bertz CT molecular complexity index is 1530. The van der Waals surface area contributed by atoms with Crippen LogP contribution in [0.1, 0.15) is 355 Å². The largest absolute Gasteiger partial charge is 0.462 e. The lowest BCUT2D eigenvalue weighted by Gasteiger charge is -2.18. The van der Waals surface area contributed by atoms with Crippen molar-refractivity contribution < 1.29 is 28.6 Å². The number of esters is 3. The maximum absolute atomic E-state index is 13.0. The Balaban J connectivity index is 4.27. The second-order valence-corrected chi connectivity index (χ2v) is 23.4. The quantitative estimate of drug-likeness (QED) is 0.0261. The Kier molecular flexibility index (Phi) is 66.2. The van der Waals surface area contributed by atoms with Crippen molar-refractivity contribution in [2.75, 3.05) is 13.2 Å². The van der Waals surface area contributed by atoms with Gasteiger partial charge in [-0.15, -0.1) is 0 Å². The van der Waals surface area contributed by atoms with Crippen molar-refractivity contribution in [1.82, 2.24) is 0 Å². The number of ether oxygens (including phenoxy) is 3. The van der Waals surface area contributed by atoms with E-state index in [4.69, 9.17) is 14.2 Å². The van der Waals surface area contributed by atoms with Gasteiger partial charge in [-0.3, -0.25) is 14.4 Å². The van der Waals surface area contributed by atoms with Crippen molar-refractivity contribution in [3.05, 3.63) is 85.1 Å². The lowest BCUT2D eigenvalue weighted by atomic mass is 10.0. The number of hydrogen-bond donors (Lipinski definition) is 0. The second kappa shape index (κ2) is 69.1. The van der Waals surface area contributed by atoms with Crippen molar-refractivity contribution in [2.24, 2.45) is 0 Å². The average molecular weight is 1130 g/mol. The fraction of sp³-hybridized carbons (Fsp3) is 0.773. The minimum Gasteiger partial charge on any atom is -0.462 e. The van der Waals surface area contributed by atoms with Gasteiger partial charge in [0.15, 0.2) is 6.10 Å². The zero-order valence-corrected chi connectivity index (χ0v) is 53.8. The Morgan fingerprint density at radius 2 is 0.506 bits per heavy atom. The van der Waals surface area contributed by atoms with Gasteiger partial charge in [0, 0.05) is 19.3 Å². The number of unbranched alkanes of at least 4 members (excludes halogenated alkanes) is 39. The molecule has 6 heteroatoms. The van der Waals surface area contributed by atoms with Crippen LogP contribution in [-0.4, -0.2) is 37.2 Å². The first kappa shape index (κ1) is 77.6. The third-order valence-electron chi connectivity index (χ3n) is 15.4. The van der Waals surface area contributed by atoms with Gasteiger partial charge in [0.25, 0.3) is 0 Å². The third kappa shape index (κ3) is 67.3. The lowest BCUT2D eigenvalue weighted by Crippen LogP contribution is -2.30. The zero-order valence-electron chi connectivity index (χ0n) is 53.8. The van der Waals surface area contributed by atoms with Gasteiger partial charge in [-0.2, -0.15) is 0 Å². The van der Waals surface area contributed by atoms with Gasteiger partial charge in [0.05, 0.1) is 0 Å². The fourth-order valence-corrected chi connectivity index (χ4v) is 10.2. The van der Waals surface area contributed by atoms with E-state index in [0.29, 0.717) is 19.3 Å². The highest BCUT2D eigenvalue weighted by molar-refractivity contribution is 5.71. The van der Waals surface area contributed by atoms with E-state index in [2.05, 4.69) is 106 Å². The normalized spacial score (nSPS) is 12.6. The summed E-state index contributed by atoms with van der Waals surface area (Å²) in [7, 11) is 0. The van der Waals surface area contributed by atoms with Crippen molar-refractivity contribution in [2.45, 2.75) is 361 Å². The number of carbonyl (C=O) groups excluding carboxylic acids is 3. The molecule has 0 radical (unpaired) electrons. The fourth-order valence-electron chi connectivity index (χ4n) is 10.2. The standard InChI is InChI=1S/C75H132O6/c1-4-7-10-13-16-19-22-25-27-29-31-33-35-36-37-38-40-41-43-45-47-50-53-56-59-62-65-68-74(77)80-71-72(70-79-73(76)67-64-61-58-55-52-49-24-21-18-15-12-9-6-3)81-75(78)69-66-63-60-57-54-51-48-46-44-42-39-34-32-30-28-26-23-20-17-14-11-8-5-2/h7,10,12,15-16,19,21,24-25,27,31,33,36-37,72H,4-6,8-9,11,13-14,17-18,20,22-23,26,28-30,32,34-35,38-71H2,1-3H3/b10-7-,15-12-,19-16-,24-21-,27-25-,33-31-,37-36-. The van der Waals surface area contributed by atoms with Gasteiger partial charge in [-0.05, 0) is 89.9 Å².